The molecule has 1 aliphatic heterocycles. The Hall–Kier alpha value is -3.57. The van der Waals surface area contributed by atoms with Crippen molar-refractivity contribution in [3.8, 4) is 11.5 Å². The fraction of sp³-hybridized carbons (Fsp3) is 0.448. The van der Waals surface area contributed by atoms with Crippen LogP contribution in [0.5, 0.6) is 11.5 Å². The van der Waals surface area contributed by atoms with Crippen molar-refractivity contribution >= 4 is 27.4 Å². The van der Waals surface area contributed by atoms with E-state index in [9.17, 15) is 13.2 Å². The number of aromatic nitrogens is 2. The molecular weight excluding hydrogens is 528 g/mol. The van der Waals surface area contributed by atoms with Crippen LogP contribution in [0.25, 0.3) is 0 Å². The van der Waals surface area contributed by atoms with E-state index in [0.717, 1.165) is 69.5 Å². The second kappa shape index (κ2) is 13.2. The van der Waals surface area contributed by atoms with E-state index in [0.29, 0.717) is 17.2 Å². The number of rotatable bonds is 11. The lowest BCUT2D eigenvalue weighted by molar-refractivity contribution is 0.122. The molecule has 0 radical (unpaired) electrons. The number of hydrogen-bond acceptors (Lipinski definition) is 6. The van der Waals surface area contributed by atoms with Crippen LogP contribution in [-0.4, -0.2) is 66.0 Å². The maximum Gasteiger partial charge on any atom is 0.322 e. The summed E-state index contributed by atoms with van der Waals surface area (Å²) in [5.41, 5.74) is 3.40. The number of anilines is 2. The number of benzene rings is 2. The van der Waals surface area contributed by atoms with Gasteiger partial charge >= 0.3 is 6.03 Å². The van der Waals surface area contributed by atoms with Crippen molar-refractivity contribution in [3.05, 3.63) is 66.0 Å². The maximum atomic E-state index is 13.2. The lowest BCUT2D eigenvalue weighted by Gasteiger charge is -2.38. The largest absolute Gasteiger partial charge is 0.457 e. The van der Waals surface area contributed by atoms with Crippen molar-refractivity contribution in [3.63, 3.8) is 0 Å². The smallest absolute Gasteiger partial charge is 0.322 e. The van der Waals surface area contributed by atoms with Gasteiger partial charge in [-0.2, -0.15) is 5.10 Å². The summed E-state index contributed by atoms with van der Waals surface area (Å²) in [5.74, 6) is 1.34. The fourth-order valence-corrected chi connectivity index (χ4v) is 5.40. The number of hydrogen-bond donors (Lipinski definition) is 2. The molecule has 3 aromatic rings. The normalized spacial score (nSPS) is 14.6. The van der Waals surface area contributed by atoms with E-state index in [1.807, 2.05) is 31.0 Å². The molecule has 1 saturated heterocycles. The van der Waals surface area contributed by atoms with Gasteiger partial charge in [-0.1, -0.05) is 25.5 Å². The predicted octanol–water partition coefficient (Wildman–Crippen LogP) is 5.19. The number of unbranched alkanes of at least 4 members (excludes halogenated alkanes) is 1. The summed E-state index contributed by atoms with van der Waals surface area (Å²) in [4.78, 5) is 17.7. The molecule has 0 atom stereocenters. The average Bonchev–Trinajstić information content (AvgIpc) is 3.23. The van der Waals surface area contributed by atoms with Gasteiger partial charge < -0.3 is 15.0 Å². The summed E-state index contributed by atoms with van der Waals surface area (Å²) in [6.45, 7) is 7.56. The zero-order valence-electron chi connectivity index (χ0n) is 23.8. The SMILES string of the molecule is CCCCN(C(=O)Nc1cnn(C)c1C)C1CCN(Cc2ccc(Oc3ccc(NS(C)(=O)=O)cc3)cc2)CC1. The Kier molecular flexibility index (Phi) is 9.70. The Morgan fingerprint density at radius 3 is 2.25 bits per heavy atom. The molecule has 1 fully saturated rings. The van der Waals surface area contributed by atoms with Gasteiger partial charge in [0.25, 0.3) is 0 Å². The zero-order chi connectivity index (χ0) is 28.7. The van der Waals surface area contributed by atoms with Crippen molar-refractivity contribution < 1.29 is 17.9 Å². The molecule has 0 spiro atoms. The van der Waals surface area contributed by atoms with Gasteiger partial charge in [0.15, 0.2) is 0 Å². The van der Waals surface area contributed by atoms with Gasteiger partial charge in [-0.3, -0.25) is 14.3 Å². The molecule has 0 bridgehead atoms. The minimum absolute atomic E-state index is 0.0418. The minimum Gasteiger partial charge on any atom is -0.457 e. The molecule has 0 saturated carbocycles. The second-order valence-electron chi connectivity index (χ2n) is 10.4. The molecular formula is C29H40N6O4S. The molecule has 2 N–H and O–H groups in total. The van der Waals surface area contributed by atoms with Gasteiger partial charge in [0.2, 0.25) is 10.0 Å². The predicted molar refractivity (Wildman–Crippen MR) is 158 cm³/mol. The molecule has 2 amide bonds. The van der Waals surface area contributed by atoms with Gasteiger partial charge in [-0.15, -0.1) is 0 Å². The van der Waals surface area contributed by atoms with Crippen molar-refractivity contribution in [1.29, 1.82) is 0 Å². The highest BCUT2D eigenvalue weighted by Crippen LogP contribution is 2.25. The zero-order valence-corrected chi connectivity index (χ0v) is 24.6. The summed E-state index contributed by atoms with van der Waals surface area (Å²) < 4.78 is 32.9. The Morgan fingerprint density at radius 2 is 1.70 bits per heavy atom. The third-order valence-corrected chi connectivity index (χ3v) is 7.82. The van der Waals surface area contributed by atoms with E-state index >= 15 is 0 Å². The first-order valence-electron chi connectivity index (χ1n) is 13.7. The molecule has 4 rings (SSSR count). The molecule has 216 valence electrons. The van der Waals surface area contributed by atoms with Crippen LogP contribution < -0.4 is 14.8 Å². The first-order chi connectivity index (χ1) is 19.1. The molecule has 40 heavy (non-hydrogen) atoms. The first-order valence-corrected chi connectivity index (χ1v) is 15.6. The highest BCUT2D eigenvalue weighted by atomic mass is 32.2. The molecule has 0 aliphatic carbocycles. The first kappa shape index (κ1) is 29.4. The number of piperidine rings is 1. The standard InChI is InChI=1S/C29H40N6O4S/c1-5-6-17-35(29(36)31-28-20-30-33(3)22(28)2)25-15-18-34(19-16-25)21-23-7-11-26(12-8-23)39-27-13-9-24(10-14-27)32-40(4,37)38/h7-14,20,25,32H,5-6,15-19,21H2,1-4H3,(H,31,36). The van der Waals surface area contributed by atoms with Crippen molar-refractivity contribution in [1.82, 2.24) is 19.6 Å². The second-order valence-corrected chi connectivity index (χ2v) is 12.1. The van der Waals surface area contributed by atoms with Gasteiger partial charge in [0.05, 0.1) is 23.8 Å². The maximum absolute atomic E-state index is 13.2. The van der Waals surface area contributed by atoms with Crippen LogP contribution in [0, 0.1) is 6.92 Å². The van der Waals surface area contributed by atoms with E-state index in [-0.39, 0.29) is 12.1 Å². The van der Waals surface area contributed by atoms with Gasteiger partial charge in [0.1, 0.15) is 11.5 Å². The number of aryl methyl sites for hydroxylation is 1. The quantitative estimate of drug-likeness (QED) is 0.330. The van der Waals surface area contributed by atoms with Crippen molar-refractivity contribution in [2.45, 2.75) is 52.1 Å². The Morgan fingerprint density at radius 1 is 1.07 bits per heavy atom. The van der Waals surface area contributed by atoms with Crippen LogP contribution in [0.15, 0.2) is 54.7 Å². The number of nitrogens with zero attached hydrogens (tertiary/aromatic N) is 4. The lowest BCUT2D eigenvalue weighted by Crippen LogP contribution is -2.49. The molecule has 0 unspecified atom stereocenters. The third kappa shape index (κ3) is 8.22. The van der Waals surface area contributed by atoms with Crippen LogP contribution in [0.4, 0.5) is 16.2 Å². The molecule has 1 aliphatic rings. The van der Waals surface area contributed by atoms with E-state index in [2.05, 4.69) is 39.1 Å². The topological polar surface area (TPSA) is 109 Å². The number of carbonyl (C=O) groups excluding carboxylic acids is 1. The van der Waals surface area contributed by atoms with Crippen LogP contribution >= 0.6 is 0 Å². The number of urea groups is 1. The highest BCUT2D eigenvalue weighted by molar-refractivity contribution is 7.92. The Bertz CT molecular complexity index is 1360. The van der Waals surface area contributed by atoms with E-state index in [1.165, 1.54) is 5.56 Å². The fourth-order valence-electron chi connectivity index (χ4n) is 4.84. The van der Waals surface area contributed by atoms with E-state index in [1.54, 1.807) is 35.1 Å². The summed E-state index contributed by atoms with van der Waals surface area (Å²) in [5, 5.41) is 7.31. The third-order valence-electron chi connectivity index (χ3n) is 7.21. The summed E-state index contributed by atoms with van der Waals surface area (Å²) >= 11 is 0. The number of amides is 2. The van der Waals surface area contributed by atoms with Crippen LogP contribution in [0.2, 0.25) is 0 Å². The van der Waals surface area contributed by atoms with Crippen molar-refractivity contribution in [2.75, 3.05) is 35.9 Å². The number of carbonyl (C=O) groups is 1. The molecule has 1 aromatic heterocycles. The summed E-state index contributed by atoms with van der Waals surface area (Å²) in [6.07, 6.45) is 6.73. The summed E-state index contributed by atoms with van der Waals surface area (Å²) in [6, 6.07) is 15.0. The average molecular weight is 569 g/mol. The van der Waals surface area contributed by atoms with E-state index < -0.39 is 10.0 Å². The number of ether oxygens (including phenoxy) is 1. The number of nitrogens with one attached hydrogen (secondary N) is 2. The van der Waals surface area contributed by atoms with E-state index in [4.69, 9.17) is 4.74 Å². The molecule has 10 nitrogen and oxygen atoms in total. The van der Waals surface area contributed by atoms with Gasteiger partial charge in [-0.05, 0) is 68.1 Å². The monoisotopic (exact) mass is 568 g/mol. The van der Waals surface area contributed by atoms with Crippen molar-refractivity contribution in [2.24, 2.45) is 7.05 Å². The number of likely N-dealkylation sites (tertiary alicyclic amines) is 1. The van der Waals surface area contributed by atoms with Crippen LogP contribution in [-0.2, 0) is 23.6 Å². The minimum atomic E-state index is -3.31. The molecule has 2 aromatic carbocycles. The van der Waals surface area contributed by atoms with Crippen LogP contribution in [0.3, 0.4) is 0 Å². The summed E-state index contributed by atoms with van der Waals surface area (Å²) in [7, 11) is -1.44. The Labute approximate surface area is 237 Å². The van der Waals surface area contributed by atoms with Gasteiger partial charge in [-0.25, -0.2) is 13.2 Å². The number of sulfonamides is 1. The Balaban J connectivity index is 1.28. The highest BCUT2D eigenvalue weighted by Gasteiger charge is 2.28. The molecule has 11 heteroatoms. The van der Waals surface area contributed by atoms with Crippen LogP contribution in [0.1, 0.15) is 43.9 Å². The lowest BCUT2D eigenvalue weighted by atomic mass is 10.0. The van der Waals surface area contributed by atoms with Gasteiger partial charge in [0, 0.05) is 45.0 Å². The molecule has 2 heterocycles.